The Morgan fingerprint density at radius 3 is 3.16 bits per heavy atom. The van der Waals surface area contributed by atoms with Gasteiger partial charge in [-0.2, -0.15) is 0 Å². The molecule has 19 heavy (non-hydrogen) atoms. The highest BCUT2D eigenvalue weighted by Crippen LogP contribution is 2.21. The molecule has 2 heterocycles. The molecule has 1 aliphatic rings. The van der Waals surface area contributed by atoms with Crippen molar-refractivity contribution in [1.82, 2.24) is 10.2 Å². The van der Waals surface area contributed by atoms with E-state index in [1.807, 2.05) is 0 Å². The van der Waals surface area contributed by atoms with E-state index in [0.29, 0.717) is 38.3 Å². The van der Waals surface area contributed by atoms with Crippen LogP contribution >= 0.6 is 0 Å². The molecular weight excluding hydrogens is 248 g/mol. The summed E-state index contributed by atoms with van der Waals surface area (Å²) in [5, 5.41) is 2.77. The van der Waals surface area contributed by atoms with Crippen LogP contribution in [-0.2, 0) is 20.9 Å². The van der Waals surface area contributed by atoms with E-state index in [-0.39, 0.29) is 11.8 Å². The lowest BCUT2D eigenvalue weighted by molar-refractivity contribution is -0.136. The molecule has 0 saturated carbocycles. The average Bonchev–Trinajstić information content (AvgIpc) is 3.02. The van der Waals surface area contributed by atoms with Gasteiger partial charge in [-0.05, 0) is 18.6 Å². The third-order valence-electron chi connectivity index (χ3n) is 3.14. The molecule has 1 atom stereocenters. The molecule has 0 spiro atoms. The van der Waals surface area contributed by atoms with Crippen molar-refractivity contribution in [3.8, 4) is 0 Å². The van der Waals surface area contributed by atoms with E-state index in [9.17, 15) is 9.59 Å². The van der Waals surface area contributed by atoms with Crippen LogP contribution in [-0.4, -0.2) is 43.0 Å². The molecule has 6 heteroatoms. The average molecular weight is 266 g/mol. The molecule has 0 radical (unpaired) electrons. The zero-order valence-electron chi connectivity index (χ0n) is 10.9. The Kier molecular flexibility index (Phi) is 4.57. The largest absolute Gasteiger partial charge is 0.467 e. The van der Waals surface area contributed by atoms with Crippen molar-refractivity contribution in [2.24, 2.45) is 0 Å². The quantitative estimate of drug-likeness (QED) is 0.763. The van der Waals surface area contributed by atoms with Crippen LogP contribution in [0.4, 0.5) is 0 Å². The number of furan rings is 1. The van der Waals surface area contributed by atoms with Crippen LogP contribution in [0.2, 0.25) is 0 Å². The van der Waals surface area contributed by atoms with Crippen molar-refractivity contribution < 1.29 is 18.7 Å². The lowest BCUT2D eigenvalue weighted by Gasteiger charge is -2.23. The number of ether oxygens (including phenoxy) is 1. The number of hydrogen-bond acceptors (Lipinski definition) is 4. The van der Waals surface area contributed by atoms with Crippen molar-refractivity contribution in [2.75, 3.05) is 20.3 Å². The van der Waals surface area contributed by atoms with E-state index >= 15 is 0 Å². The van der Waals surface area contributed by atoms with Gasteiger partial charge in [-0.15, -0.1) is 0 Å². The van der Waals surface area contributed by atoms with Crippen LogP contribution in [0.5, 0.6) is 0 Å². The fourth-order valence-electron chi connectivity index (χ4n) is 2.17. The van der Waals surface area contributed by atoms with Crippen molar-refractivity contribution in [3.05, 3.63) is 24.2 Å². The van der Waals surface area contributed by atoms with Gasteiger partial charge < -0.3 is 19.4 Å². The number of amides is 2. The van der Waals surface area contributed by atoms with Crippen LogP contribution in [0, 0.1) is 0 Å². The normalized spacial score (nSPS) is 18.9. The second-order valence-corrected chi connectivity index (χ2v) is 4.44. The first-order valence-corrected chi connectivity index (χ1v) is 6.31. The molecule has 0 aliphatic carbocycles. The third-order valence-corrected chi connectivity index (χ3v) is 3.14. The Labute approximate surface area is 111 Å². The number of rotatable bonds is 6. The number of nitrogens with zero attached hydrogens (tertiary/aromatic N) is 1. The van der Waals surface area contributed by atoms with Crippen molar-refractivity contribution in [3.63, 3.8) is 0 Å². The van der Waals surface area contributed by atoms with E-state index in [1.165, 1.54) is 0 Å². The summed E-state index contributed by atoms with van der Waals surface area (Å²) in [6.45, 7) is 1.26. The fraction of sp³-hybridized carbons (Fsp3) is 0.538. The van der Waals surface area contributed by atoms with Crippen LogP contribution in [0.1, 0.15) is 18.6 Å². The topological polar surface area (TPSA) is 71.8 Å². The van der Waals surface area contributed by atoms with Crippen molar-refractivity contribution in [2.45, 2.75) is 25.4 Å². The maximum atomic E-state index is 12.0. The van der Waals surface area contributed by atoms with E-state index in [4.69, 9.17) is 9.15 Å². The minimum absolute atomic E-state index is 0.0108. The molecule has 2 amide bonds. The lowest BCUT2D eigenvalue weighted by Crippen LogP contribution is -2.45. The van der Waals surface area contributed by atoms with Gasteiger partial charge >= 0.3 is 0 Å². The van der Waals surface area contributed by atoms with Crippen LogP contribution in [0.3, 0.4) is 0 Å². The Balaban J connectivity index is 1.94. The van der Waals surface area contributed by atoms with Crippen LogP contribution in [0.25, 0.3) is 0 Å². The Bertz CT molecular complexity index is 430. The maximum absolute atomic E-state index is 12.0. The Morgan fingerprint density at radius 1 is 1.63 bits per heavy atom. The highest BCUT2D eigenvalue weighted by atomic mass is 16.5. The molecule has 104 valence electrons. The highest BCUT2D eigenvalue weighted by Gasteiger charge is 2.36. The predicted molar refractivity (Wildman–Crippen MR) is 67.2 cm³/mol. The van der Waals surface area contributed by atoms with Gasteiger partial charge in [0.15, 0.2) is 0 Å². The van der Waals surface area contributed by atoms with Gasteiger partial charge in [-0.3, -0.25) is 9.59 Å². The highest BCUT2D eigenvalue weighted by molar-refractivity contribution is 5.90. The molecular formula is C13H18N2O4. The summed E-state index contributed by atoms with van der Waals surface area (Å²) in [4.78, 5) is 25.4. The summed E-state index contributed by atoms with van der Waals surface area (Å²) in [6.07, 6.45) is 2.52. The summed E-state index contributed by atoms with van der Waals surface area (Å²) < 4.78 is 10.1. The SMILES string of the molecule is COCCNC(=O)[C@@H]1CCC(=O)N1Cc1ccco1. The number of carbonyl (C=O) groups is 2. The molecule has 0 aromatic carbocycles. The fourth-order valence-corrected chi connectivity index (χ4v) is 2.17. The minimum atomic E-state index is -0.408. The number of methoxy groups -OCH3 is 1. The molecule has 1 N–H and O–H groups in total. The van der Waals surface area contributed by atoms with Crippen LogP contribution < -0.4 is 5.32 Å². The third kappa shape index (κ3) is 3.35. The van der Waals surface area contributed by atoms with Gasteiger partial charge in [0.2, 0.25) is 11.8 Å². The van der Waals surface area contributed by atoms with Crippen molar-refractivity contribution in [1.29, 1.82) is 0 Å². The summed E-state index contributed by atoms with van der Waals surface area (Å²) in [7, 11) is 1.58. The molecule has 0 unspecified atom stereocenters. The first-order valence-electron chi connectivity index (χ1n) is 6.31. The molecule has 0 bridgehead atoms. The summed E-state index contributed by atoms with van der Waals surface area (Å²) >= 11 is 0. The first-order chi connectivity index (χ1) is 9.22. The van der Waals surface area contributed by atoms with Crippen molar-refractivity contribution >= 4 is 11.8 Å². The van der Waals surface area contributed by atoms with Gasteiger partial charge in [0.25, 0.3) is 0 Å². The van der Waals surface area contributed by atoms with E-state index in [2.05, 4.69) is 5.32 Å². The standard InChI is InChI=1S/C13H18N2O4/c1-18-8-6-14-13(17)11-4-5-12(16)15(11)9-10-3-2-7-19-10/h2-3,7,11H,4-6,8-9H2,1H3,(H,14,17)/t11-/m0/s1. The summed E-state index contributed by atoms with van der Waals surface area (Å²) in [5.41, 5.74) is 0. The molecule has 2 rings (SSSR count). The number of likely N-dealkylation sites (tertiary alicyclic amines) is 1. The summed E-state index contributed by atoms with van der Waals surface area (Å²) in [6, 6.07) is 3.16. The zero-order chi connectivity index (χ0) is 13.7. The van der Waals surface area contributed by atoms with E-state index in [0.717, 1.165) is 0 Å². The predicted octanol–water partition coefficient (Wildman–Crippen LogP) is 0.533. The smallest absolute Gasteiger partial charge is 0.242 e. The van der Waals surface area contributed by atoms with E-state index < -0.39 is 6.04 Å². The van der Waals surface area contributed by atoms with Gasteiger partial charge in [0.05, 0.1) is 19.4 Å². The second-order valence-electron chi connectivity index (χ2n) is 4.44. The van der Waals surface area contributed by atoms with Gasteiger partial charge in [-0.1, -0.05) is 0 Å². The monoisotopic (exact) mass is 266 g/mol. The lowest BCUT2D eigenvalue weighted by atomic mass is 10.2. The van der Waals surface area contributed by atoms with Gasteiger partial charge in [0.1, 0.15) is 11.8 Å². The second kappa shape index (κ2) is 6.38. The number of carbonyl (C=O) groups excluding carboxylic acids is 2. The number of nitrogens with one attached hydrogen (secondary N) is 1. The minimum Gasteiger partial charge on any atom is -0.467 e. The Hall–Kier alpha value is -1.82. The Morgan fingerprint density at radius 2 is 2.47 bits per heavy atom. The molecule has 6 nitrogen and oxygen atoms in total. The maximum Gasteiger partial charge on any atom is 0.242 e. The number of hydrogen-bond donors (Lipinski definition) is 1. The molecule has 1 aromatic heterocycles. The molecule has 1 aromatic rings. The molecule has 1 fully saturated rings. The zero-order valence-corrected chi connectivity index (χ0v) is 10.9. The molecule has 1 saturated heterocycles. The summed E-state index contributed by atoms with van der Waals surface area (Å²) in [5.74, 6) is 0.544. The van der Waals surface area contributed by atoms with Crippen LogP contribution in [0.15, 0.2) is 22.8 Å². The van der Waals surface area contributed by atoms with Gasteiger partial charge in [-0.25, -0.2) is 0 Å². The van der Waals surface area contributed by atoms with Gasteiger partial charge in [0, 0.05) is 20.1 Å². The first kappa shape index (κ1) is 13.6. The van der Waals surface area contributed by atoms with E-state index in [1.54, 1.807) is 30.4 Å². The molecule has 1 aliphatic heterocycles.